The fourth-order valence-electron chi connectivity index (χ4n) is 1.80. The monoisotopic (exact) mass is 178 g/mol. The van der Waals surface area contributed by atoms with Crippen LogP contribution in [0.4, 0.5) is 0 Å². The zero-order valence-electron chi connectivity index (χ0n) is 7.42. The van der Waals surface area contributed by atoms with Crippen molar-refractivity contribution in [3.63, 3.8) is 0 Å². The van der Waals surface area contributed by atoms with Crippen LogP contribution in [-0.2, 0) is 5.75 Å². The fourth-order valence-corrected chi connectivity index (χ4v) is 3.10. The molecule has 1 heterocycles. The van der Waals surface area contributed by atoms with Crippen molar-refractivity contribution in [1.29, 1.82) is 0 Å². The molecule has 64 valence electrons. The van der Waals surface area contributed by atoms with Crippen molar-refractivity contribution in [2.24, 2.45) is 0 Å². The molecule has 1 aromatic rings. The number of benzene rings is 1. The van der Waals surface area contributed by atoms with Crippen molar-refractivity contribution in [1.82, 2.24) is 0 Å². The topological polar surface area (TPSA) is 0 Å². The highest BCUT2D eigenvalue weighted by Crippen LogP contribution is 2.34. The summed E-state index contributed by atoms with van der Waals surface area (Å²) in [5.74, 6) is 3.33. The highest BCUT2D eigenvalue weighted by Gasteiger charge is 2.17. The molecule has 0 N–H and O–H groups in total. The summed E-state index contributed by atoms with van der Waals surface area (Å²) in [5, 5.41) is 0. The van der Waals surface area contributed by atoms with E-state index in [9.17, 15) is 0 Å². The largest absolute Gasteiger partial charge is 0.157 e. The van der Waals surface area contributed by atoms with Gasteiger partial charge in [-0.2, -0.15) is 11.8 Å². The smallest absolute Gasteiger partial charge is 0.0187 e. The molecule has 0 saturated heterocycles. The van der Waals surface area contributed by atoms with Crippen LogP contribution in [0.15, 0.2) is 24.3 Å². The highest BCUT2D eigenvalue weighted by molar-refractivity contribution is 7.98. The Morgan fingerprint density at radius 3 is 3.08 bits per heavy atom. The number of hydrogen-bond donors (Lipinski definition) is 0. The quantitative estimate of drug-likeness (QED) is 0.635. The van der Waals surface area contributed by atoms with E-state index in [0.29, 0.717) is 0 Å². The molecule has 0 aliphatic carbocycles. The van der Waals surface area contributed by atoms with Crippen molar-refractivity contribution in [3.05, 3.63) is 35.4 Å². The minimum atomic E-state index is 0.806. The Kier molecular flexibility index (Phi) is 2.40. The van der Waals surface area contributed by atoms with Gasteiger partial charge in [-0.05, 0) is 23.5 Å². The van der Waals surface area contributed by atoms with Crippen LogP contribution in [0.25, 0.3) is 0 Å². The minimum absolute atomic E-state index is 0.806. The van der Waals surface area contributed by atoms with E-state index in [2.05, 4.69) is 43.0 Å². The molecule has 0 bridgehead atoms. The van der Waals surface area contributed by atoms with Gasteiger partial charge in [0.05, 0.1) is 0 Å². The van der Waals surface area contributed by atoms with Crippen LogP contribution in [0.5, 0.6) is 0 Å². The lowest BCUT2D eigenvalue weighted by Gasteiger charge is -2.23. The molecule has 0 fully saturated rings. The first-order chi connectivity index (χ1) is 5.92. The molecule has 12 heavy (non-hydrogen) atoms. The van der Waals surface area contributed by atoms with E-state index in [0.717, 1.165) is 5.92 Å². The second kappa shape index (κ2) is 3.53. The molecule has 0 spiro atoms. The summed E-state index contributed by atoms with van der Waals surface area (Å²) >= 11 is 2.07. The predicted octanol–water partition coefficient (Wildman–Crippen LogP) is 3.43. The molecule has 0 unspecified atom stereocenters. The first-order valence-corrected chi connectivity index (χ1v) is 5.73. The third-order valence-electron chi connectivity index (χ3n) is 2.56. The second-order valence-electron chi connectivity index (χ2n) is 3.32. The van der Waals surface area contributed by atoms with Crippen molar-refractivity contribution >= 4 is 11.8 Å². The van der Waals surface area contributed by atoms with Crippen LogP contribution in [0.3, 0.4) is 0 Å². The van der Waals surface area contributed by atoms with E-state index in [1.807, 2.05) is 0 Å². The first kappa shape index (κ1) is 8.18. The van der Waals surface area contributed by atoms with Gasteiger partial charge >= 0.3 is 0 Å². The van der Waals surface area contributed by atoms with Gasteiger partial charge in [0.25, 0.3) is 0 Å². The normalized spacial score (nSPS) is 21.9. The van der Waals surface area contributed by atoms with Gasteiger partial charge < -0.3 is 0 Å². The molecule has 2 rings (SSSR count). The standard InChI is InChI=1S/C11H14S/c1-2-9-7-12-8-10-5-3-4-6-11(9)10/h3-6,9H,2,7-8H2,1H3/t9-/m1/s1. The van der Waals surface area contributed by atoms with Gasteiger partial charge in [-0.25, -0.2) is 0 Å². The van der Waals surface area contributed by atoms with Crippen molar-refractivity contribution in [2.45, 2.75) is 25.0 Å². The van der Waals surface area contributed by atoms with E-state index >= 15 is 0 Å². The Hall–Kier alpha value is -0.430. The third kappa shape index (κ3) is 1.38. The highest BCUT2D eigenvalue weighted by atomic mass is 32.2. The molecule has 0 amide bonds. The average Bonchev–Trinajstić information content (AvgIpc) is 2.17. The van der Waals surface area contributed by atoms with E-state index < -0.39 is 0 Å². The van der Waals surface area contributed by atoms with Gasteiger partial charge in [0.15, 0.2) is 0 Å². The van der Waals surface area contributed by atoms with Crippen LogP contribution in [0.1, 0.15) is 30.4 Å². The predicted molar refractivity (Wildman–Crippen MR) is 55.6 cm³/mol. The van der Waals surface area contributed by atoms with E-state index in [4.69, 9.17) is 0 Å². The maximum Gasteiger partial charge on any atom is 0.0187 e. The summed E-state index contributed by atoms with van der Waals surface area (Å²) in [6.45, 7) is 2.29. The fraction of sp³-hybridized carbons (Fsp3) is 0.455. The number of rotatable bonds is 1. The molecule has 1 aliphatic rings. The zero-order chi connectivity index (χ0) is 8.39. The number of fused-ring (bicyclic) bond motifs is 1. The summed E-state index contributed by atoms with van der Waals surface area (Å²) in [6, 6.07) is 8.88. The van der Waals surface area contributed by atoms with E-state index in [-0.39, 0.29) is 0 Å². The maximum atomic E-state index is 2.29. The summed E-state index contributed by atoms with van der Waals surface area (Å²) in [7, 11) is 0. The summed E-state index contributed by atoms with van der Waals surface area (Å²) < 4.78 is 0. The summed E-state index contributed by atoms with van der Waals surface area (Å²) in [5.41, 5.74) is 3.15. The molecule has 0 radical (unpaired) electrons. The zero-order valence-corrected chi connectivity index (χ0v) is 8.23. The Morgan fingerprint density at radius 1 is 1.42 bits per heavy atom. The first-order valence-electron chi connectivity index (χ1n) is 4.57. The summed E-state index contributed by atoms with van der Waals surface area (Å²) in [6.07, 6.45) is 1.28. The second-order valence-corrected chi connectivity index (χ2v) is 4.35. The van der Waals surface area contributed by atoms with Gasteiger partial charge in [0.1, 0.15) is 0 Å². The molecule has 1 aliphatic heterocycles. The lowest BCUT2D eigenvalue weighted by atomic mass is 9.94. The summed E-state index contributed by atoms with van der Waals surface area (Å²) in [4.78, 5) is 0. The van der Waals surface area contributed by atoms with Gasteiger partial charge in [-0.3, -0.25) is 0 Å². The molecular weight excluding hydrogens is 164 g/mol. The van der Waals surface area contributed by atoms with E-state index in [1.54, 1.807) is 11.1 Å². The van der Waals surface area contributed by atoms with Crippen LogP contribution in [-0.4, -0.2) is 5.75 Å². The van der Waals surface area contributed by atoms with Crippen LogP contribution >= 0.6 is 11.8 Å². The Morgan fingerprint density at radius 2 is 2.25 bits per heavy atom. The number of hydrogen-bond acceptors (Lipinski definition) is 1. The molecule has 1 atom stereocenters. The number of thioether (sulfide) groups is 1. The lowest BCUT2D eigenvalue weighted by molar-refractivity contribution is 0.730. The molecule has 1 aromatic carbocycles. The van der Waals surface area contributed by atoms with E-state index in [1.165, 1.54) is 17.9 Å². The van der Waals surface area contributed by atoms with Crippen LogP contribution < -0.4 is 0 Å². The van der Waals surface area contributed by atoms with Crippen LogP contribution in [0.2, 0.25) is 0 Å². The molecule has 0 saturated carbocycles. The average molecular weight is 178 g/mol. The van der Waals surface area contributed by atoms with Gasteiger partial charge in [-0.1, -0.05) is 31.2 Å². The third-order valence-corrected chi connectivity index (χ3v) is 3.72. The maximum absolute atomic E-state index is 2.29. The minimum Gasteiger partial charge on any atom is -0.157 e. The molecule has 0 nitrogen and oxygen atoms in total. The van der Waals surface area contributed by atoms with Crippen molar-refractivity contribution in [3.8, 4) is 0 Å². The van der Waals surface area contributed by atoms with Gasteiger partial charge in [0.2, 0.25) is 0 Å². The van der Waals surface area contributed by atoms with Crippen molar-refractivity contribution in [2.75, 3.05) is 5.75 Å². The van der Waals surface area contributed by atoms with Crippen molar-refractivity contribution < 1.29 is 0 Å². The molecule has 0 aromatic heterocycles. The lowest BCUT2D eigenvalue weighted by Crippen LogP contribution is -2.09. The Bertz CT molecular complexity index is 267. The Labute approximate surface area is 78.4 Å². The Balaban J connectivity index is 2.37. The van der Waals surface area contributed by atoms with Gasteiger partial charge in [-0.15, -0.1) is 0 Å². The SMILES string of the molecule is CC[C@@H]1CSCc2ccccc21. The van der Waals surface area contributed by atoms with Gasteiger partial charge in [0, 0.05) is 11.5 Å². The molecular formula is C11H14S. The van der Waals surface area contributed by atoms with Crippen LogP contribution in [0, 0.1) is 0 Å². The molecule has 1 heteroatoms.